The van der Waals surface area contributed by atoms with Gasteiger partial charge in [0, 0.05) is 23.7 Å². The number of para-hydroxylation sites is 1. The fourth-order valence-electron chi connectivity index (χ4n) is 3.33. The number of nitrogens with one attached hydrogen (secondary N) is 2. The summed E-state index contributed by atoms with van der Waals surface area (Å²) >= 11 is 0. The van der Waals surface area contributed by atoms with Crippen molar-refractivity contribution in [3.05, 3.63) is 48.4 Å². The second kappa shape index (κ2) is 6.43. The number of aromatic nitrogens is 3. The number of nitrogens with zero attached hydrogens (tertiary/aromatic N) is 3. The molecule has 4 rings (SSSR count). The minimum Gasteiger partial charge on any atom is -0.367 e. The maximum absolute atomic E-state index is 4.52. The maximum Gasteiger partial charge on any atom is 0.136 e. The topological polar surface area (TPSA) is 62.7 Å². The van der Waals surface area contributed by atoms with Gasteiger partial charge in [0.15, 0.2) is 0 Å². The van der Waals surface area contributed by atoms with E-state index in [-0.39, 0.29) is 0 Å². The lowest BCUT2D eigenvalue weighted by Crippen LogP contribution is -2.16. The van der Waals surface area contributed by atoms with Crippen LogP contribution < -0.4 is 10.6 Å². The Morgan fingerprint density at radius 1 is 1.00 bits per heavy atom. The molecule has 1 aromatic carbocycles. The molecule has 0 saturated heterocycles. The van der Waals surface area contributed by atoms with Gasteiger partial charge in [-0.3, -0.25) is 4.98 Å². The minimum atomic E-state index is 0.534. The largest absolute Gasteiger partial charge is 0.367 e. The van der Waals surface area contributed by atoms with Gasteiger partial charge >= 0.3 is 0 Å². The smallest absolute Gasteiger partial charge is 0.136 e. The summed E-state index contributed by atoms with van der Waals surface area (Å²) in [6, 6.07) is 12.6. The number of aryl methyl sites for hydroxylation is 1. The van der Waals surface area contributed by atoms with Crippen molar-refractivity contribution < 1.29 is 0 Å². The van der Waals surface area contributed by atoms with E-state index in [4.69, 9.17) is 0 Å². The summed E-state index contributed by atoms with van der Waals surface area (Å²) in [6.07, 6.45) is 6.85. The molecule has 5 heteroatoms. The summed E-state index contributed by atoms with van der Waals surface area (Å²) in [5.41, 5.74) is 1.90. The Kier molecular flexibility index (Phi) is 3.99. The molecule has 0 spiro atoms. The molecule has 2 aromatic heterocycles. The molecule has 5 nitrogen and oxygen atoms in total. The summed E-state index contributed by atoms with van der Waals surface area (Å²) in [6.45, 7) is 1.92. The molecule has 1 aliphatic rings. The van der Waals surface area contributed by atoms with Crippen molar-refractivity contribution in [3.63, 3.8) is 0 Å². The lowest BCUT2D eigenvalue weighted by atomic mass is 10.2. The Balaban J connectivity index is 1.62. The van der Waals surface area contributed by atoms with E-state index in [1.54, 1.807) is 0 Å². The lowest BCUT2D eigenvalue weighted by Gasteiger charge is -2.15. The van der Waals surface area contributed by atoms with Crippen LogP contribution in [0.15, 0.2) is 42.6 Å². The summed E-state index contributed by atoms with van der Waals surface area (Å²) in [5, 5.41) is 8.05. The number of benzene rings is 1. The highest BCUT2D eigenvalue weighted by atomic mass is 15.1. The van der Waals surface area contributed by atoms with E-state index in [9.17, 15) is 0 Å². The normalized spacial score (nSPS) is 14.9. The fourth-order valence-corrected chi connectivity index (χ4v) is 3.33. The molecule has 24 heavy (non-hydrogen) atoms. The van der Waals surface area contributed by atoms with Gasteiger partial charge in [0.1, 0.15) is 17.5 Å². The zero-order valence-electron chi connectivity index (χ0n) is 13.8. The van der Waals surface area contributed by atoms with Gasteiger partial charge in [-0.05, 0) is 31.9 Å². The molecule has 0 bridgehead atoms. The molecular weight excluding hydrogens is 298 g/mol. The van der Waals surface area contributed by atoms with Gasteiger partial charge in [-0.15, -0.1) is 0 Å². The van der Waals surface area contributed by atoms with Crippen molar-refractivity contribution in [1.29, 1.82) is 0 Å². The van der Waals surface area contributed by atoms with Crippen molar-refractivity contribution in [1.82, 2.24) is 15.0 Å². The Bertz CT molecular complexity index is 850. The summed E-state index contributed by atoms with van der Waals surface area (Å²) in [5.74, 6) is 2.44. The van der Waals surface area contributed by atoms with Gasteiger partial charge in [-0.2, -0.15) is 0 Å². The second-order valence-electron chi connectivity index (χ2n) is 6.32. The zero-order chi connectivity index (χ0) is 16.4. The second-order valence-corrected chi connectivity index (χ2v) is 6.32. The van der Waals surface area contributed by atoms with Crippen molar-refractivity contribution in [3.8, 4) is 0 Å². The van der Waals surface area contributed by atoms with E-state index in [0.717, 1.165) is 34.1 Å². The van der Waals surface area contributed by atoms with Crippen LogP contribution in [-0.2, 0) is 0 Å². The van der Waals surface area contributed by atoms with Crippen LogP contribution in [0.2, 0.25) is 0 Å². The molecule has 122 valence electrons. The first-order valence-corrected chi connectivity index (χ1v) is 8.51. The summed E-state index contributed by atoms with van der Waals surface area (Å²) < 4.78 is 0. The van der Waals surface area contributed by atoms with E-state index >= 15 is 0 Å². The Morgan fingerprint density at radius 2 is 1.79 bits per heavy atom. The van der Waals surface area contributed by atoms with Crippen LogP contribution in [0.5, 0.6) is 0 Å². The monoisotopic (exact) mass is 319 g/mol. The van der Waals surface area contributed by atoms with Crippen LogP contribution in [0.3, 0.4) is 0 Å². The first-order chi connectivity index (χ1) is 11.8. The predicted octanol–water partition coefficient (Wildman–Crippen LogP) is 4.43. The third-order valence-corrected chi connectivity index (χ3v) is 4.44. The number of hydrogen-bond acceptors (Lipinski definition) is 5. The van der Waals surface area contributed by atoms with E-state index in [1.165, 1.54) is 25.7 Å². The van der Waals surface area contributed by atoms with Crippen LogP contribution in [0.4, 0.5) is 17.3 Å². The van der Waals surface area contributed by atoms with Gasteiger partial charge in [0.2, 0.25) is 0 Å². The fraction of sp³-hybridized carbons (Fsp3) is 0.316. The molecule has 1 fully saturated rings. The van der Waals surface area contributed by atoms with Gasteiger partial charge in [0.25, 0.3) is 0 Å². The van der Waals surface area contributed by atoms with Gasteiger partial charge < -0.3 is 10.6 Å². The Morgan fingerprint density at radius 3 is 2.67 bits per heavy atom. The summed E-state index contributed by atoms with van der Waals surface area (Å²) in [7, 11) is 0. The van der Waals surface area contributed by atoms with E-state index in [2.05, 4.69) is 37.7 Å². The average Bonchev–Trinajstić information content (AvgIpc) is 3.08. The zero-order valence-corrected chi connectivity index (χ0v) is 13.8. The van der Waals surface area contributed by atoms with Crippen molar-refractivity contribution >= 4 is 28.2 Å². The SMILES string of the molecule is Cc1nc(Nc2cccc3cccnc23)cc(NC2CCCC2)n1. The standard InChI is InChI=1S/C19H21N5/c1-13-21-17(23-15-8-2-3-9-15)12-18(22-13)24-16-10-4-6-14-7-5-11-20-19(14)16/h4-7,10-12,15H,2-3,8-9H2,1H3,(H2,21,22,23,24). The van der Waals surface area contributed by atoms with Crippen LogP contribution in [0.1, 0.15) is 31.5 Å². The molecular formula is C19H21N5. The number of fused-ring (bicyclic) bond motifs is 1. The quantitative estimate of drug-likeness (QED) is 0.745. The Hall–Kier alpha value is -2.69. The van der Waals surface area contributed by atoms with E-state index < -0.39 is 0 Å². The predicted molar refractivity (Wildman–Crippen MR) is 97.7 cm³/mol. The number of rotatable bonds is 4. The number of pyridine rings is 1. The number of hydrogen-bond donors (Lipinski definition) is 2. The van der Waals surface area contributed by atoms with Crippen LogP contribution in [-0.4, -0.2) is 21.0 Å². The lowest BCUT2D eigenvalue weighted by molar-refractivity contribution is 0.748. The van der Waals surface area contributed by atoms with Crippen molar-refractivity contribution in [2.75, 3.05) is 10.6 Å². The maximum atomic E-state index is 4.52. The van der Waals surface area contributed by atoms with Gasteiger partial charge in [0.05, 0.1) is 11.2 Å². The first-order valence-electron chi connectivity index (χ1n) is 8.51. The molecule has 1 saturated carbocycles. The van der Waals surface area contributed by atoms with E-state index in [1.807, 2.05) is 37.4 Å². The van der Waals surface area contributed by atoms with Gasteiger partial charge in [-0.25, -0.2) is 9.97 Å². The molecule has 0 amide bonds. The molecule has 0 aliphatic heterocycles. The Labute approximate surface area is 141 Å². The highest BCUT2D eigenvalue weighted by Gasteiger charge is 2.15. The highest BCUT2D eigenvalue weighted by molar-refractivity contribution is 5.91. The minimum absolute atomic E-state index is 0.534. The van der Waals surface area contributed by atoms with Crippen LogP contribution >= 0.6 is 0 Å². The third kappa shape index (κ3) is 3.15. The molecule has 1 aliphatic carbocycles. The van der Waals surface area contributed by atoms with Crippen molar-refractivity contribution in [2.45, 2.75) is 38.6 Å². The molecule has 0 atom stereocenters. The van der Waals surface area contributed by atoms with E-state index in [0.29, 0.717) is 6.04 Å². The summed E-state index contributed by atoms with van der Waals surface area (Å²) in [4.78, 5) is 13.5. The van der Waals surface area contributed by atoms with Crippen molar-refractivity contribution in [2.24, 2.45) is 0 Å². The molecule has 3 aromatic rings. The molecule has 2 N–H and O–H groups in total. The molecule has 0 unspecified atom stereocenters. The molecule has 0 radical (unpaired) electrons. The van der Waals surface area contributed by atoms with Gasteiger partial charge in [-0.1, -0.05) is 31.0 Å². The highest BCUT2D eigenvalue weighted by Crippen LogP contribution is 2.26. The van der Waals surface area contributed by atoms with Crippen LogP contribution in [0.25, 0.3) is 10.9 Å². The first kappa shape index (κ1) is 14.9. The van der Waals surface area contributed by atoms with Crippen LogP contribution in [0, 0.1) is 6.92 Å². The molecule has 2 heterocycles. The number of anilines is 3. The third-order valence-electron chi connectivity index (χ3n) is 4.44. The average molecular weight is 319 g/mol.